The topological polar surface area (TPSA) is 37.6 Å². The van der Waals surface area contributed by atoms with Crippen molar-refractivity contribution in [2.24, 2.45) is 10.2 Å². The van der Waals surface area contributed by atoms with E-state index in [1.165, 1.54) is 12.3 Å². The van der Waals surface area contributed by atoms with Crippen molar-refractivity contribution in [2.45, 2.75) is 6.04 Å². The summed E-state index contributed by atoms with van der Waals surface area (Å²) in [6.07, 6.45) is 1.37. The van der Waals surface area contributed by atoms with Crippen molar-refractivity contribution in [3.05, 3.63) is 96.1 Å². The number of halogens is 1. The van der Waals surface area contributed by atoms with Gasteiger partial charge in [-0.1, -0.05) is 60.7 Å². The number of aromatic nitrogens is 1. The molecule has 0 fully saturated rings. The van der Waals surface area contributed by atoms with Crippen molar-refractivity contribution in [3.63, 3.8) is 0 Å². The minimum absolute atomic E-state index is 0.201. The standard InChI is InChI=1S/C18H14FN3/c19-17-12-11-16(13-20-17)21-22-18(14-7-3-1-4-8-14)15-9-5-2-6-10-15/h1-13,18H. The average molecular weight is 291 g/mol. The van der Waals surface area contributed by atoms with Gasteiger partial charge in [0.15, 0.2) is 0 Å². The van der Waals surface area contributed by atoms with Crippen molar-refractivity contribution >= 4 is 5.69 Å². The Labute approximate surface area is 128 Å². The summed E-state index contributed by atoms with van der Waals surface area (Å²) in [7, 11) is 0. The monoisotopic (exact) mass is 291 g/mol. The van der Waals surface area contributed by atoms with Gasteiger partial charge in [-0.3, -0.25) is 0 Å². The van der Waals surface area contributed by atoms with Gasteiger partial charge in [-0.25, -0.2) is 4.98 Å². The third-order valence-corrected chi connectivity index (χ3v) is 3.23. The SMILES string of the molecule is Fc1ccc(N=NC(c2ccccc2)c2ccccc2)cn1. The third-order valence-electron chi connectivity index (χ3n) is 3.23. The Balaban J connectivity index is 1.94. The van der Waals surface area contributed by atoms with Crippen LogP contribution >= 0.6 is 0 Å². The highest BCUT2D eigenvalue weighted by molar-refractivity contribution is 5.34. The number of rotatable bonds is 4. The van der Waals surface area contributed by atoms with Gasteiger partial charge in [0, 0.05) is 0 Å². The lowest BCUT2D eigenvalue weighted by molar-refractivity contribution is 0.584. The fraction of sp³-hybridized carbons (Fsp3) is 0.0556. The number of hydrogen-bond donors (Lipinski definition) is 0. The van der Waals surface area contributed by atoms with E-state index >= 15 is 0 Å². The highest BCUT2D eigenvalue weighted by Gasteiger charge is 2.12. The predicted octanol–water partition coefficient (Wildman–Crippen LogP) is 5.09. The molecule has 1 heterocycles. The zero-order valence-corrected chi connectivity index (χ0v) is 11.8. The van der Waals surface area contributed by atoms with Gasteiger partial charge < -0.3 is 0 Å². The number of azo groups is 1. The van der Waals surface area contributed by atoms with Gasteiger partial charge in [-0.2, -0.15) is 14.6 Å². The van der Waals surface area contributed by atoms with Gasteiger partial charge in [0.05, 0.1) is 6.20 Å². The summed E-state index contributed by atoms with van der Waals surface area (Å²) < 4.78 is 12.8. The second-order valence-electron chi connectivity index (χ2n) is 4.78. The quantitative estimate of drug-likeness (QED) is 0.487. The van der Waals surface area contributed by atoms with Crippen molar-refractivity contribution in [2.75, 3.05) is 0 Å². The molecule has 0 aliphatic carbocycles. The Morgan fingerprint density at radius 3 is 1.86 bits per heavy atom. The maximum atomic E-state index is 12.8. The molecule has 0 unspecified atom stereocenters. The van der Waals surface area contributed by atoms with Crippen molar-refractivity contribution < 1.29 is 4.39 Å². The van der Waals surface area contributed by atoms with Crippen LogP contribution in [-0.2, 0) is 0 Å². The van der Waals surface area contributed by atoms with Gasteiger partial charge in [-0.15, -0.1) is 0 Å². The molecule has 0 saturated carbocycles. The highest BCUT2D eigenvalue weighted by Crippen LogP contribution is 2.27. The van der Waals surface area contributed by atoms with E-state index in [0.29, 0.717) is 5.69 Å². The van der Waals surface area contributed by atoms with Crippen LogP contribution in [0.4, 0.5) is 10.1 Å². The zero-order chi connectivity index (χ0) is 15.2. The molecule has 108 valence electrons. The summed E-state index contributed by atoms with van der Waals surface area (Å²) in [4.78, 5) is 3.58. The van der Waals surface area contributed by atoms with E-state index in [2.05, 4.69) is 15.2 Å². The molecule has 2 aromatic carbocycles. The van der Waals surface area contributed by atoms with E-state index in [9.17, 15) is 4.39 Å². The lowest BCUT2D eigenvalue weighted by Crippen LogP contribution is -1.96. The van der Waals surface area contributed by atoms with E-state index in [4.69, 9.17) is 0 Å². The Kier molecular flexibility index (Phi) is 4.30. The molecule has 0 spiro atoms. The molecule has 3 aromatic rings. The maximum Gasteiger partial charge on any atom is 0.212 e. The highest BCUT2D eigenvalue weighted by atomic mass is 19.1. The Bertz CT molecular complexity index is 701. The van der Waals surface area contributed by atoms with Crippen LogP contribution in [0.15, 0.2) is 89.2 Å². The average Bonchev–Trinajstić information content (AvgIpc) is 2.59. The molecule has 0 amide bonds. The molecule has 22 heavy (non-hydrogen) atoms. The summed E-state index contributed by atoms with van der Waals surface area (Å²) >= 11 is 0. The number of benzene rings is 2. The summed E-state index contributed by atoms with van der Waals surface area (Å²) in [5.41, 5.74) is 2.62. The van der Waals surface area contributed by atoms with Crippen LogP contribution < -0.4 is 0 Å². The van der Waals surface area contributed by atoms with Crippen LogP contribution in [0.2, 0.25) is 0 Å². The molecule has 0 aliphatic rings. The fourth-order valence-corrected chi connectivity index (χ4v) is 2.15. The summed E-state index contributed by atoms with van der Waals surface area (Å²) in [5, 5.41) is 8.62. The van der Waals surface area contributed by atoms with Crippen LogP contribution in [0.25, 0.3) is 0 Å². The first-order chi connectivity index (χ1) is 10.8. The molecule has 4 heteroatoms. The number of hydrogen-bond acceptors (Lipinski definition) is 3. The molecular formula is C18H14FN3. The molecule has 3 nitrogen and oxygen atoms in total. The number of nitrogens with zero attached hydrogens (tertiary/aromatic N) is 3. The van der Waals surface area contributed by atoms with E-state index in [1.807, 2.05) is 60.7 Å². The van der Waals surface area contributed by atoms with E-state index < -0.39 is 5.95 Å². The maximum absolute atomic E-state index is 12.8. The molecule has 0 aliphatic heterocycles. The minimum Gasteiger partial charge on any atom is -0.226 e. The number of pyridine rings is 1. The lowest BCUT2D eigenvalue weighted by Gasteiger charge is -2.12. The molecule has 0 atom stereocenters. The summed E-state index contributed by atoms with van der Waals surface area (Å²) in [6.45, 7) is 0. The van der Waals surface area contributed by atoms with Crippen LogP contribution in [0.5, 0.6) is 0 Å². The Hall–Kier alpha value is -2.88. The lowest BCUT2D eigenvalue weighted by atomic mass is 10.00. The Morgan fingerprint density at radius 1 is 0.773 bits per heavy atom. The summed E-state index contributed by atoms with van der Waals surface area (Å²) in [6, 6.07) is 22.5. The van der Waals surface area contributed by atoms with Gasteiger partial charge in [0.2, 0.25) is 5.95 Å². The first kappa shape index (κ1) is 14.1. The molecule has 0 N–H and O–H groups in total. The van der Waals surface area contributed by atoms with Crippen LogP contribution in [0.1, 0.15) is 17.2 Å². The second-order valence-corrected chi connectivity index (χ2v) is 4.78. The largest absolute Gasteiger partial charge is 0.226 e. The molecule has 1 aromatic heterocycles. The van der Waals surface area contributed by atoms with Crippen LogP contribution in [0.3, 0.4) is 0 Å². The van der Waals surface area contributed by atoms with Gasteiger partial charge >= 0.3 is 0 Å². The normalized spacial score (nSPS) is 11.2. The second kappa shape index (κ2) is 6.72. The Morgan fingerprint density at radius 2 is 1.36 bits per heavy atom. The predicted molar refractivity (Wildman–Crippen MR) is 83.4 cm³/mol. The molecular weight excluding hydrogens is 277 g/mol. The van der Waals surface area contributed by atoms with Gasteiger partial charge in [0.25, 0.3) is 0 Å². The fourth-order valence-electron chi connectivity index (χ4n) is 2.15. The van der Waals surface area contributed by atoms with Crippen LogP contribution in [-0.4, -0.2) is 4.98 Å². The molecule has 0 saturated heterocycles. The van der Waals surface area contributed by atoms with E-state index in [-0.39, 0.29) is 6.04 Å². The molecule has 3 rings (SSSR count). The van der Waals surface area contributed by atoms with Gasteiger partial charge in [0.1, 0.15) is 11.7 Å². The van der Waals surface area contributed by atoms with Crippen molar-refractivity contribution in [1.82, 2.24) is 4.98 Å². The smallest absolute Gasteiger partial charge is 0.212 e. The van der Waals surface area contributed by atoms with E-state index in [0.717, 1.165) is 11.1 Å². The molecule has 0 radical (unpaired) electrons. The van der Waals surface area contributed by atoms with E-state index in [1.54, 1.807) is 6.07 Å². The first-order valence-electron chi connectivity index (χ1n) is 6.95. The third kappa shape index (κ3) is 3.41. The van der Waals surface area contributed by atoms with Gasteiger partial charge in [-0.05, 0) is 23.3 Å². The zero-order valence-electron chi connectivity index (χ0n) is 11.8. The molecule has 0 bridgehead atoms. The van der Waals surface area contributed by atoms with Crippen LogP contribution in [0, 0.1) is 5.95 Å². The van der Waals surface area contributed by atoms with Crippen molar-refractivity contribution in [1.29, 1.82) is 0 Å². The summed E-state index contributed by atoms with van der Waals surface area (Å²) in [5.74, 6) is -0.526. The van der Waals surface area contributed by atoms with Crippen molar-refractivity contribution in [3.8, 4) is 0 Å². The first-order valence-corrected chi connectivity index (χ1v) is 6.95. The minimum atomic E-state index is -0.526.